The van der Waals surface area contributed by atoms with E-state index in [9.17, 15) is 12.8 Å². The lowest BCUT2D eigenvalue weighted by Gasteiger charge is -2.27. The first-order valence-corrected chi connectivity index (χ1v) is 7.53. The molecule has 0 bridgehead atoms. The van der Waals surface area contributed by atoms with Gasteiger partial charge in [0.25, 0.3) is 10.2 Å². The molecule has 0 aromatic heterocycles. The normalized spacial score (nSPS) is 19.3. The lowest BCUT2D eigenvalue weighted by Crippen LogP contribution is -2.47. The molecular weight excluding hydrogens is 271 g/mol. The third-order valence-electron chi connectivity index (χ3n) is 2.98. The number of nitrogens with one attached hydrogen (secondary N) is 1. The van der Waals surface area contributed by atoms with Crippen LogP contribution in [0.5, 0.6) is 0 Å². The van der Waals surface area contributed by atoms with Crippen molar-refractivity contribution in [3.63, 3.8) is 0 Å². The van der Waals surface area contributed by atoms with Gasteiger partial charge in [0.2, 0.25) is 0 Å². The van der Waals surface area contributed by atoms with Gasteiger partial charge in [-0.1, -0.05) is 12.1 Å². The van der Waals surface area contributed by atoms with Crippen LogP contribution in [-0.4, -0.2) is 39.0 Å². The van der Waals surface area contributed by atoms with Gasteiger partial charge in [0.15, 0.2) is 0 Å². The molecule has 0 amide bonds. The fourth-order valence-corrected chi connectivity index (χ4v) is 3.29. The van der Waals surface area contributed by atoms with Crippen molar-refractivity contribution >= 4 is 10.2 Å². The second-order valence-corrected chi connectivity index (χ2v) is 6.11. The first kappa shape index (κ1) is 14.4. The SMILES string of the molecule is C[C@@H](NS(=O)(=O)N1CCOCC1)c1cccc(F)c1. The summed E-state index contributed by atoms with van der Waals surface area (Å²) in [6.07, 6.45) is 0. The number of nitrogens with zero attached hydrogens (tertiary/aromatic N) is 1. The van der Waals surface area contributed by atoms with Crippen LogP contribution in [0.1, 0.15) is 18.5 Å². The molecule has 0 aliphatic carbocycles. The Balaban J connectivity index is 2.07. The Bertz CT molecular complexity index is 530. The van der Waals surface area contributed by atoms with E-state index in [2.05, 4.69) is 4.72 Å². The third-order valence-corrected chi connectivity index (χ3v) is 4.68. The molecule has 1 N–H and O–H groups in total. The lowest BCUT2D eigenvalue weighted by molar-refractivity contribution is 0.0723. The monoisotopic (exact) mass is 288 g/mol. The smallest absolute Gasteiger partial charge is 0.280 e. The molecule has 0 unspecified atom stereocenters. The Kier molecular flexibility index (Phi) is 4.51. The first-order valence-electron chi connectivity index (χ1n) is 6.09. The Morgan fingerprint density at radius 2 is 2.05 bits per heavy atom. The summed E-state index contributed by atoms with van der Waals surface area (Å²) in [5, 5.41) is 0. The number of ether oxygens (including phenoxy) is 1. The van der Waals surface area contributed by atoms with Crippen molar-refractivity contribution in [1.29, 1.82) is 0 Å². The summed E-state index contributed by atoms with van der Waals surface area (Å²) in [6.45, 7) is 3.16. The predicted molar refractivity (Wildman–Crippen MR) is 69.3 cm³/mol. The van der Waals surface area contributed by atoms with Crippen molar-refractivity contribution in [2.45, 2.75) is 13.0 Å². The standard InChI is InChI=1S/C12H17FN2O3S/c1-10(11-3-2-4-12(13)9-11)14-19(16,17)15-5-7-18-8-6-15/h2-4,9-10,14H,5-8H2,1H3/t10-/m1/s1. The topological polar surface area (TPSA) is 58.6 Å². The Labute approximate surface area is 112 Å². The molecule has 1 aromatic carbocycles. The minimum absolute atomic E-state index is 0.338. The van der Waals surface area contributed by atoms with E-state index < -0.39 is 16.3 Å². The van der Waals surface area contributed by atoms with Crippen LogP contribution in [0.25, 0.3) is 0 Å². The average Bonchev–Trinajstić information content (AvgIpc) is 2.39. The summed E-state index contributed by atoms with van der Waals surface area (Å²) in [6, 6.07) is 5.42. The molecule has 1 fully saturated rings. The van der Waals surface area contributed by atoms with Gasteiger partial charge in [-0.25, -0.2) is 4.39 Å². The van der Waals surface area contributed by atoms with E-state index in [-0.39, 0.29) is 5.82 Å². The molecule has 1 saturated heterocycles. The van der Waals surface area contributed by atoms with Gasteiger partial charge in [0.1, 0.15) is 5.82 Å². The van der Waals surface area contributed by atoms with Gasteiger partial charge in [-0.3, -0.25) is 0 Å². The molecule has 0 saturated carbocycles. The summed E-state index contributed by atoms with van der Waals surface area (Å²) in [5.41, 5.74) is 0.594. The zero-order chi connectivity index (χ0) is 13.9. The Morgan fingerprint density at radius 3 is 2.68 bits per heavy atom. The van der Waals surface area contributed by atoms with Gasteiger partial charge >= 0.3 is 0 Å². The van der Waals surface area contributed by atoms with E-state index >= 15 is 0 Å². The van der Waals surface area contributed by atoms with Crippen molar-refractivity contribution < 1.29 is 17.5 Å². The second-order valence-electron chi connectivity index (χ2n) is 4.41. The molecule has 1 aliphatic heterocycles. The van der Waals surface area contributed by atoms with E-state index in [0.717, 1.165) is 0 Å². The highest BCUT2D eigenvalue weighted by molar-refractivity contribution is 7.87. The van der Waals surface area contributed by atoms with E-state index in [0.29, 0.717) is 31.9 Å². The Morgan fingerprint density at radius 1 is 1.37 bits per heavy atom. The molecule has 2 rings (SSSR count). The minimum atomic E-state index is -3.56. The molecule has 0 radical (unpaired) electrons. The molecule has 0 spiro atoms. The fourth-order valence-electron chi connectivity index (χ4n) is 1.93. The van der Waals surface area contributed by atoms with Crippen LogP contribution in [-0.2, 0) is 14.9 Å². The van der Waals surface area contributed by atoms with Crippen LogP contribution < -0.4 is 4.72 Å². The van der Waals surface area contributed by atoms with Crippen LogP contribution in [0.4, 0.5) is 4.39 Å². The van der Waals surface area contributed by atoms with E-state index in [1.165, 1.54) is 16.4 Å². The zero-order valence-electron chi connectivity index (χ0n) is 10.7. The van der Waals surface area contributed by atoms with Crippen LogP contribution in [0, 0.1) is 5.82 Å². The molecule has 1 heterocycles. The number of hydrogen-bond acceptors (Lipinski definition) is 3. The lowest BCUT2D eigenvalue weighted by atomic mass is 10.1. The van der Waals surface area contributed by atoms with Crippen LogP contribution in [0.15, 0.2) is 24.3 Å². The highest BCUT2D eigenvalue weighted by atomic mass is 32.2. The average molecular weight is 288 g/mol. The van der Waals surface area contributed by atoms with E-state index in [4.69, 9.17) is 4.74 Å². The van der Waals surface area contributed by atoms with Crippen LogP contribution in [0.2, 0.25) is 0 Å². The number of rotatable bonds is 4. The summed E-state index contributed by atoms with van der Waals surface area (Å²) in [5.74, 6) is -0.380. The number of hydrogen-bond donors (Lipinski definition) is 1. The Hall–Kier alpha value is -1.02. The fraction of sp³-hybridized carbons (Fsp3) is 0.500. The molecule has 106 valence electrons. The number of benzene rings is 1. The van der Waals surface area contributed by atoms with Crippen molar-refractivity contribution in [1.82, 2.24) is 9.03 Å². The van der Waals surface area contributed by atoms with Crippen molar-refractivity contribution in [3.05, 3.63) is 35.6 Å². The summed E-state index contributed by atoms with van der Waals surface area (Å²) in [4.78, 5) is 0. The first-order chi connectivity index (χ1) is 8.99. The molecule has 5 nitrogen and oxygen atoms in total. The largest absolute Gasteiger partial charge is 0.379 e. The molecule has 1 aliphatic rings. The summed E-state index contributed by atoms with van der Waals surface area (Å²) in [7, 11) is -3.56. The highest BCUT2D eigenvalue weighted by Gasteiger charge is 2.26. The molecule has 1 aromatic rings. The second kappa shape index (κ2) is 5.96. The van der Waals surface area contributed by atoms with Gasteiger partial charge < -0.3 is 4.74 Å². The van der Waals surface area contributed by atoms with Crippen molar-refractivity contribution in [3.8, 4) is 0 Å². The molecule has 19 heavy (non-hydrogen) atoms. The van der Waals surface area contributed by atoms with Crippen LogP contribution >= 0.6 is 0 Å². The van der Waals surface area contributed by atoms with Crippen molar-refractivity contribution in [2.75, 3.05) is 26.3 Å². The van der Waals surface area contributed by atoms with Gasteiger partial charge in [0.05, 0.1) is 13.2 Å². The third kappa shape index (κ3) is 3.73. The maximum Gasteiger partial charge on any atom is 0.280 e. The number of morpholine rings is 1. The van der Waals surface area contributed by atoms with Gasteiger partial charge in [-0.2, -0.15) is 17.4 Å². The van der Waals surface area contributed by atoms with E-state index in [1.807, 2.05) is 0 Å². The maximum absolute atomic E-state index is 13.1. The predicted octanol–water partition coefficient (Wildman–Crippen LogP) is 1.05. The number of halogens is 1. The molecular formula is C12H17FN2O3S. The molecule has 1 atom stereocenters. The minimum Gasteiger partial charge on any atom is -0.379 e. The maximum atomic E-state index is 13.1. The van der Waals surface area contributed by atoms with E-state index in [1.54, 1.807) is 19.1 Å². The van der Waals surface area contributed by atoms with Gasteiger partial charge in [0, 0.05) is 19.1 Å². The zero-order valence-corrected chi connectivity index (χ0v) is 11.5. The van der Waals surface area contributed by atoms with Crippen molar-refractivity contribution in [2.24, 2.45) is 0 Å². The summed E-state index contributed by atoms with van der Waals surface area (Å²) < 4.78 is 46.4. The molecule has 7 heteroatoms. The van der Waals surface area contributed by atoms with Gasteiger partial charge in [-0.05, 0) is 24.6 Å². The summed E-state index contributed by atoms with van der Waals surface area (Å²) >= 11 is 0. The van der Waals surface area contributed by atoms with Gasteiger partial charge in [-0.15, -0.1) is 0 Å². The highest BCUT2D eigenvalue weighted by Crippen LogP contribution is 2.16. The quantitative estimate of drug-likeness (QED) is 0.901. The van der Waals surface area contributed by atoms with Crippen LogP contribution in [0.3, 0.4) is 0 Å².